The highest BCUT2D eigenvalue weighted by molar-refractivity contribution is 6.79. The van der Waals surface area contributed by atoms with Gasteiger partial charge in [0.25, 0.3) is 0 Å². The van der Waals surface area contributed by atoms with Gasteiger partial charge in [-0.2, -0.15) is 0 Å². The van der Waals surface area contributed by atoms with E-state index in [4.69, 9.17) is 9.31 Å². The van der Waals surface area contributed by atoms with E-state index in [-0.39, 0.29) is 18.3 Å². The number of nitrogens with zero attached hydrogens (tertiary/aromatic N) is 1. The first-order valence-electron chi connectivity index (χ1n) is 9.23. The molecule has 2 heterocycles. The highest BCUT2D eigenvalue weighted by atomic mass is 28.3. The lowest BCUT2D eigenvalue weighted by Gasteiger charge is -2.38. The van der Waals surface area contributed by atoms with Gasteiger partial charge < -0.3 is 13.5 Å². The van der Waals surface area contributed by atoms with Crippen LogP contribution >= 0.6 is 0 Å². The molecule has 0 atom stereocenters. The number of rotatable bonds is 2. The molecule has 2 aromatic rings. The molecule has 1 aliphatic heterocycles. The zero-order valence-corrected chi connectivity index (χ0v) is 18.2. The van der Waals surface area contributed by atoms with Crippen molar-refractivity contribution < 1.29 is 9.31 Å². The smallest absolute Gasteiger partial charge is 0.399 e. The van der Waals surface area contributed by atoms with Gasteiger partial charge in [-0.05, 0) is 61.9 Å². The van der Waals surface area contributed by atoms with Crippen LogP contribution in [0.25, 0.3) is 10.9 Å². The lowest BCUT2D eigenvalue weighted by Crippen LogP contribution is -2.45. The van der Waals surface area contributed by atoms with Crippen LogP contribution in [0, 0.1) is 0 Å². The molecule has 0 bridgehead atoms. The lowest BCUT2D eigenvalue weighted by atomic mass is 9.79. The van der Waals surface area contributed by atoms with Gasteiger partial charge in [-0.3, -0.25) is 0 Å². The quantitative estimate of drug-likeness (QED) is 0.721. The topological polar surface area (TPSA) is 23.4 Å². The van der Waals surface area contributed by atoms with Crippen molar-refractivity contribution in [2.45, 2.75) is 77.8 Å². The van der Waals surface area contributed by atoms with Gasteiger partial charge in [0.15, 0.2) is 8.24 Å². The maximum Gasteiger partial charge on any atom is 0.494 e. The van der Waals surface area contributed by atoms with E-state index in [1.54, 1.807) is 0 Å². The molecule has 0 amide bonds. The second-order valence-corrected chi connectivity index (χ2v) is 15.0. The van der Waals surface area contributed by atoms with E-state index >= 15 is 0 Å². The van der Waals surface area contributed by atoms with Gasteiger partial charge in [-0.25, -0.2) is 0 Å². The Kier molecular flexibility index (Phi) is 4.11. The van der Waals surface area contributed by atoms with E-state index in [9.17, 15) is 0 Å². The Balaban J connectivity index is 1.99. The van der Waals surface area contributed by atoms with Gasteiger partial charge in [-0.1, -0.05) is 46.0 Å². The van der Waals surface area contributed by atoms with E-state index < -0.39 is 8.24 Å². The first-order chi connectivity index (χ1) is 11.3. The first-order valence-corrected chi connectivity index (χ1v) is 12.2. The molecule has 1 aromatic carbocycles. The van der Waals surface area contributed by atoms with Crippen LogP contribution in [0.5, 0.6) is 0 Å². The Morgan fingerprint density at radius 1 is 0.960 bits per heavy atom. The molecule has 0 radical (unpaired) electrons. The third-order valence-electron chi connectivity index (χ3n) is 6.68. The maximum absolute atomic E-state index is 6.21. The van der Waals surface area contributed by atoms with E-state index in [0.29, 0.717) is 5.04 Å². The second-order valence-electron chi connectivity index (χ2n) is 9.90. The third kappa shape index (κ3) is 2.90. The lowest BCUT2D eigenvalue weighted by molar-refractivity contribution is 0.00578. The molecule has 3 nitrogen and oxygen atoms in total. The Hall–Kier alpha value is -1.04. The summed E-state index contributed by atoms with van der Waals surface area (Å²) < 4.78 is 14.9. The summed E-state index contributed by atoms with van der Waals surface area (Å²) in [5.41, 5.74) is 1.80. The summed E-state index contributed by atoms with van der Waals surface area (Å²) in [6.45, 7) is 20.3. The average molecular weight is 357 g/mol. The molecular formula is C20H32BNO2Si. The molecular weight excluding hydrogens is 325 g/mol. The number of hydrogen-bond donors (Lipinski definition) is 0. The number of benzene rings is 1. The van der Waals surface area contributed by atoms with Crippen molar-refractivity contribution in [2.75, 3.05) is 0 Å². The van der Waals surface area contributed by atoms with Crippen LogP contribution in [0.2, 0.25) is 18.1 Å². The monoisotopic (exact) mass is 357 g/mol. The Morgan fingerprint density at radius 2 is 1.52 bits per heavy atom. The van der Waals surface area contributed by atoms with E-state index in [1.807, 2.05) is 0 Å². The van der Waals surface area contributed by atoms with Gasteiger partial charge in [0.1, 0.15) is 0 Å². The molecule has 5 heteroatoms. The van der Waals surface area contributed by atoms with Gasteiger partial charge in [0.05, 0.1) is 11.2 Å². The van der Waals surface area contributed by atoms with Gasteiger partial charge >= 0.3 is 7.12 Å². The average Bonchev–Trinajstić information content (AvgIpc) is 2.96. The third-order valence-corrected chi connectivity index (χ3v) is 11.9. The summed E-state index contributed by atoms with van der Waals surface area (Å²) in [5, 5.41) is 1.56. The van der Waals surface area contributed by atoms with E-state index in [2.05, 4.69) is 96.3 Å². The molecule has 1 fully saturated rings. The highest BCUT2D eigenvalue weighted by Gasteiger charge is 2.51. The zero-order valence-electron chi connectivity index (χ0n) is 17.2. The van der Waals surface area contributed by atoms with Crippen molar-refractivity contribution in [3.05, 3.63) is 30.5 Å². The molecule has 1 aliphatic rings. The van der Waals surface area contributed by atoms with Crippen LogP contribution in [-0.4, -0.2) is 30.8 Å². The highest BCUT2D eigenvalue weighted by Crippen LogP contribution is 2.39. The molecule has 0 saturated carbocycles. The Labute approximate surface area is 153 Å². The molecule has 3 rings (SSSR count). The Morgan fingerprint density at radius 3 is 2.04 bits per heavy atom. The van der Waals surface area contributed by atoms with Crippen molar-refractivity contribution in [1.82, 2.24) is 4.23 Å². The molecule has 0 unspecified atom stereocenters. The zero-order chi connectivity index (χ0) is 18.8. The molecule has 0 spiro atoms. The fourth-order valence-corrected chi connectivity index (χ4v) is 5.11. The Bertz CT molecular complexity index is 786. The summed E-state index contributed by atoms with van der Waals surface area (Å²) in [4.78, 5) is 0. The first kappa shape index (κ1) is 18.7. The molecule has 25 heavy (non-hydrogen) atoms. The van der Waals surface area contributed by atoms with Crippen molar-refractivity contribution in [2.24, 2.45) is 0 Å². The summed E-state index contributed by atoms with van der Waals surface area (Å²) in [5.74, 6) is 0. The van der Waals surface area contributed by atoms with Crippen LogP contribution in [0.1, 0.15) is 48.5 Å². The summed E-state index contributed by atoms with van der Waals surface area (Å²) in [7, 11) is -1.93. The van der Waals surface area contributed by atoms with Crippen molar-refractivity contribution >= 4 is 31.7 Å². The van der Waals surface area contributed by atoms with Gasteiger partial charge in [0.2, 0.25) is 0 Å². The molecule has 136 valence electrons. The van der Waals surface area contributed by atoms with Crippen LogP contribution in [0.15, 0.2) is 30.5 Å². The predicted molar refractivity (Wildman–Crippen MR) is 110 cm³/mol. The SMILES string of the molecule is CC1(C)OB(c2ccc3c(ccn3[Si](C)(C)C(C)(C)C)c2)OC1(C)C. The van der Waals surface area contributed by atoms with Crippen LogP contribution in [-0.2, 0) is 9.31 Å². The van der Waals surface area contributed by atoms with Crippen molar-refractivity contribution in [3.63, 3.8) is 0 Å². The number of hydrogen-bond acceptors (Lipinski definition) is 2. The standard InChI is InChI=1S/C20H32BNO2Si/c1-18(2,3)25(8,9)22-13-12-15-14-16(10-11-17(15)22)21-23-19(4,5)20(6,7)24-21/h10-14H,1-9H3. The summed E-state index contributed by atoms with van der Waals surface area (Å²) in [6.07, 6.45) is 2.26. The fourth-order valence-electron chi connectivity index (χ4n) is 3.14. The largest absolute Gasteiger partial charge is 0.494 e. The maximum atomic E-state index is 6.21. The second kappa shape index (κ2) is 5.48. The number of fused-ring (bicyclic) bond motifs is 1. The molecule has 1 saturated heterocycles. The minimum absolute atomic E-state index is 0.295. The van der Waals surface area contributed by atoms with Crippen LogP contribution < -0.4 is 5.46 Å². The normalized spacial score (nSPS) is 20.4. The predicted octanol–water partition coefficient (Wildman–Crippen LogP) is 4.79. The van der Waals surface area contributed by atoms with E-state index in [0.717, 1.165) is 5.46 Å². The molecule has 0 aliphatic carbocycles. The fraction of sp³-hybridized carbons (Fsp3) is 0.600. The molecule has 1 aromatic heterocycles. The van der Waals surface area contributed by atoms with E-state index in [1.165, 1.54) is 10.9 Å². The summed E-state index contributed by atoms with van der Waals surface area (Å²) >= 11 is 0. The van der Waals surface area contributed by atoms with Gasteiger partial charge in [0, 0.05) is 5.52 Å². The van der Waals surface area contributed by atoms with Crippen molar-refractivity contribution in [1.29, 1.82) is 0 Å². The number of aromatic nitrogens is 1. The van der Waals surface area contributed by atoms with Crippen molar-refractivity contribution in [3.8, 4) is 0 Å². The minimum Gasteiger partial charge on any atom is -0.399 e. The van der Waals surface area contributed by atoms with Gasteiger partial charge in [-0.15, -0.1) is 0 Å². The minimum atomic E-state index is -1.63. The van der Waals surface area contributed by atoms with Crippen LogP contribution in [0.4, 0.5) is 0 Å². The summed E-state index contributed by atoms with van der Waals surface area (Å²) in [6, 6.07) is 8.84. The molecule has 0 N–H and O–H groups in total. The van der Waals surface area contributed by atoms with Crippen LogP contribution in [0.3, 0.4) is 0 Å².